The van der Waals surface area contributed by atoms with E-state index in [2.05, 4.69) is 15.8 Å². The van der Waals surface area contributed by atoms with Crippen LogP contribution in [0.15, 0.2) is 23.3 Å². The van der Waals surface area contributed by atoms with Gasteiger partial charge in [0.1, 0.15) is 6.42 Å². The lowest BCUT2D eigenvalue weighted by molar-refractivity contribution is -0.385. The summed E-state index contributed by atoms with van der Waals surface area (Å²) in [6, 6.07) is 4.25. The average molecular weight is 336 g/mol. The SMILES string of the molecule is COc1ccc(/C=N\NC(=O)CC(=O)NCC(C)C)cc1[N+](=O)[O-]. The Kier molecular flexibility index (Phi) is 7.34. The number of rotatable bonds is 8. The van der Waals surface area contributed by atoms with Crippen LogP contribution in [0.3, 0.4) is 0 Å². The van der Waals surface area contributed by atoms with E-state index in [1.165, 1.54) is 25.5 Å². The van der Waals surface area contributed by atoms with E-state index in [9.17, 15) is 19.7 Å². The van der Waals surface area contributed by atoms with E-state index in [-0.39, 0.29) is 17.9 Å². The fourth-order valence-corrected chi connectivity index (χ4v) is 1.67. The number of methoxy groups -OCH3 is 1. The molecule has 0 aliphatic heterocycles. The Morgan fingerprint density at radius 1 is 1.38 bits per heavy atom. The van der Waals surface area contributed by atoms with Gasteiger partial charge in [-0.15, -0.1) is 0 Å². The lowest BCUT2D eigenvalue weighted by Gasteiger charge is -2.06. The zero-order valence-electron chi connectivity index (χ0n) is 13.7. The minimum absolute atomic E-state index is 0.128. The number of nitrogens with zero attached hydrogens (tertiary/aromatic N) is 2. The average Bonchev–Trinajstić information content (AvgIpc) is 2.52. The predicted molar refractivity (Wildman–Crippen MR) is 87.8 cm³/mol. The summed E-state index contributed by atoms with van der Waals surface area (Å²) in [5.41, 5.74) is 2.40. The molecule has 2 amide bonds. The number of hydrogen-bond acceptors (Lipinski definition) is 6. The standard InChI is InChI=1S/C15H20N4O5/c1-10(2)8-16-14(20)7-15(21)18-17-9-11-4-5-13(24-3)12(6-11)19(22)23/h4-6,9-10H,7-8H2,1-3H3,(H,16,20)(H,18,21)/b17-9-. The van der Waals surface area contributed by atoms with E-state index >= 15 is 0 Å². The minimum atomic E-state index is -0.576. The van der Waals surface area contributed by atoms with Crippen molar-refractivity contribution in [1.29, 1.82) is 0 Å². The minimum Gasteiger partial charge on any atom is -0.490 e. The van der Waals surface area contributed by atoms with Gasteiger partial charge >= 0.3 is 5.69 Å². The molecular formula is C15H20N4O5. The lowest BCUT2D eigenvalue weighted by Crippen LogP contribution is -2.32. The van der Waals surface area contributed by atoms with E-state index in [0.717, 1.165) is 0 Å². The summed E-state index contributed by atoms with van der Waals surface area (Å²) in [6.45, 7) is 4.38. The molecule has 0 heterocycles. The Hall–Kier alpha value is -2.97. The van der Waals surface area contributed by atoms with Crippen LogP contribution in [0, 0.1) is 16.0 Å². The van der Waals surface area contributed by atoms with Crippen molar-refractivity contribution in [2.45, 2.75) is 20.3 Å². The number of carbonyl (C=O) groups excluding carboxylic acids is 2. The Labute approximate surface area is 139 Å². The van der Waals surface area contributed by atoms with Crippen molar-refractivity contribution < 1.29 is 19.2 Å². The molecule has 0 spiro atoms. The Morgan fingerprint density at radius 2 is 2.08 bits per heavy atom. The molecule has 0 fully saturated rings. The smallest absolute Gasteiger partial charge is 0.311 e. The number of nitro groups is 1. The molecule has 9 heteroatoms. The molecule has 2 N–H and O–H groups in total. The molecule has 0 saturated carbocycles. The van der Waals surface area contributed by atoms with Crippen LogP contribution in [0.2, 0.25) is 0 Å². The summed E-state index contributed by atoms with van der Waals surface area (Å²) in [7, 11) is 1.33. The summed E-state index contributed by atoms with van der Waals surface area (Å²) < 4.78 is 4.89. The van der Waals surface area contributed by atoms with E-state index in [1.54, 1.807) is 6.07 Å². The summed E-state index contributed by atoms with van der Waals surface area (Å²) in [4.78, 5) is 33.4. The number of hydrazone groups is 1. The maximum atomic E-state index is 11.6. The van der Waals surface area contributed by atoms with Crippen LogP contribution in [0.5, 0.6) is 5.75 Å². The van der Waals surface area contributed by atoms with Gasteiger partial charge in [0.15, 0.2) is 5.75 Å². The molecule has 0 atom stereocenters. The molecule has 1 rings (SSSR count). The summed E-state index contributed by atoms with van der Waals surface area (Å²) in [5.74, 6) is -0.545. The molecule has 0 aliphatic rings. The highest BCUT2D eigenvalue weighted by atomic mass is 16.6. The lowest BCUT2D eigenvalue weighted by atomic mass is 10.2. The zero-order chi connectivity index (χ0) is 18.1. The van der Waals surface area contributed by atoms with Gasteiger partial charge in [-0.2, -0.15) is 5.10 Å². The van der Waals surface area contributed by atoms with E-state index < -0.39 is 16.7 Å². The highest BCUT2D eigenvalue weighted by molar-refractivity contribution is 5.97. The number of nitrogens with one attached hydrogen (secondary N) is 2. The second kappa shape index (κ2) is 9.23. The largest absolute Gasteiger partial charge is 0.490 e. The Bertz CT molecular complexity index is 643. The van der Waals surface area contributed by atoms with Crippen LogP contribution in [0.4, 0.5) is 5.69 Å². The van der Waals surface area contributed by atoms with Crippen molar-refractivity contribution in [3.05, 3.63) is 33.9 Å². The van der Waals surface area contributed by atoms with Gasteiger partial charge in [0, 0.05) is 18.2 Å². The summed E-state index contributed by atoms with van der Waals surface area (Å²) in [6.07, 6.45) is 0.906. The second-order valence-electron chi connectivity index (χ2n) is 5.36. The maximum absolute atomic E-state index is 11.6. The van der Waals surface area contributed by atoms with Crippen molar-refractivity contribution in [3.63, 3.8) is 0 Å². The molecule has 0 saturated heterocycles. The molecule has 0 unspecified atom stereocenters. The first-order chi connectivity index (χ1) is 11.3. The highest BCUT2D eigenvalue weighted by Crippen LogP contribution is 2.26. The van der Waals surface area contributed by atoms with Gasteiger partial charge in [-0.25, -0.2) is 5.43 Å². The van der Waals surface area contributed by atoms with Gasteiger partial charge in [-0.1, -0.05) is 13.8 Å². The van der Waals surface area contributed by atoms with Crippen LogP contribution in [-0.2, 0) is 9.59 Å². The Balaban J connectivity index is 2.58. The predicted octanol–water partition coefficient (Wildman–Crippen LogP) is 1.22. The normalized spacial score (nSPS) is 10.7. The first-order valence-corrected chi connectivity index (χ1v) is 7.24. The Morgan fingerprint density at radius 3 is 2.67 bits per heavy atom. The molecule has 1 aromatic carbocycles. The first-order valence-electron chi connectivity index (χ1n) is 7.24. The third-order valence-electron chi connectivity index (χ3n) is 2.83. The third kappa shape index (κ3) is 6.42. The summed E-state index contributed by atoms with van der Waals surface area (Å²) >= 11 is 0. The van der Waals surface area contributed by atoms with Gasteiger partial charge in [0.2, 0.25) is 11.8 Å². The summed E-state index contributed by atoms with van der Waals surface area (Å²) in [5, 5.41) is 17.2. The molecule has 0 aromatic heterocycles. The molecule has 130 valence electrons. The van der Waals surface area contributed by atoms with Crippen LogP contribution in [0.25, 0.3) is 0 Å². The van der Waals surface area contributed by atoms with Crippen LogP contribution in [-0.4, -0.2) is 36.6 Å². The fourth-order valence-electron chi connectivity index (χ4n) is 1.67. The maximum Gasteiger partial charge on any atom is 0.311 e. The van der Waals surface area contributed by atoms with Crippen molar-refractivity contribution in [1.82, 2.24) is 10.7 Å². The zero-order valence-corrected chi connectivity index (χ0v) is 13.7. The molecule has 24 heavy (non-hydrogen) atoms. The van der Waals surface area contributed by atoms with Crippen LogP contribution < -0.4 is 15.5 Å². The number of nitro benzene ring substituents is 1. The number of amides is 2. The fraction of sp³-hybridized carbons (Fsp3) is 0.400. The number of carbonyl (C=O) groups is 2. The highest BCUT2D eigenvalue weighted by Gasteiger charge is 2.14. The molecule has 9 nitrogen and oxygen atoms in total. The molecule has 0 aliphatic carbocycles. The quantitative estimate of drug-likeness (QED) is 0.320. The molecule has 0 bridgehead atoms. The number of hydrogen-bond donors (Lipinski definition) is 2. The van der Waals surface area contributed by atoms with Gasteiger partial charge < -0.3 is 10.1 Å². The topological polar surface area (TPSA) is 123 Å². The number of benzene rings is 1. The second-order valence-corrected chi connectivity index (χ2v) is 5.36. The van der Waals surface area contributed by atoms with Crippen LogP contribution in [0.1, 0.15) is 25.8 Å². The van der Waals surface area contributed by atoms with Crippen molar-refractivity contribution in [2.24, 2.45) is 11.0 Å². The van der Waals surface area contributed by atoms with E-state index in [4.69, 9.17) is 4.74 Å². The molecule has 0 radical (unpaired) electrons. The van der Waals surface area contributed by atoms with Gasteiger partial charge in [-0.05, 0) is 18.1 Å². The third-order valence-corrected chi connectivity index (χ3v) is 2.83. The molecule has 1 aromatic rings. The monoisotopic (exact) mass is 336 g/mol. The van der Waals surface area contributed by atoms with E-state index in [1.807, 2.05) is 13.8 Å². The van der Waals surface area contributed by atoms with Crippen molar-refractivity contribution >= 4 is 23.7 Å². The van der Waals surface area contributed by atoms with Gasteiger partial charge in [0.25, 0.3) is 0 Å². The van der Waals surface area contributed by atoms with Gasteiger partial charge in [-0.3, -0.25) is 19.7 Å². The molecular weight excluding hydrogens is 316 g/mol. The van der Waals surface area contributed by atoms with Gasteiger partial charge in [0.05, 0.1) is 18.2 Å². The van der Waals surface area contributed by atoms with Crippen molar-refractivity contribution in [3.8, 4) is 5.75 Å². The first kappa shape index (κ1) is 19.1. The van der Waals surface area contributed by atoms with Crippen LogP contribution >= 0.6 is 0 Å². The van der Waals surface area contributed by atoms with Crippen molar-refractivity contribution in [2.75, 3.05) is 13.7 Å². The number of ether oxygens (including phenoxy) is 1. The van der Waals surface area contributed by atoms with E-state index in [0.29, 0.717) is 18.0 Å².